The number of nitrogens with zero attached hydrogens (tertiary/aromatic N) is 2. The summed E-state index contributed by atoms with van der Waals surface area (Å²) in [4.78, 5) is 31.4. The topological polar surface area (TPSA) is 66.7 Å². The van der Waals surface area contributed by atoms with Gasteiger partial charge in [0.15, 0.2) is 0 Å². The van der Waals surface area contributed by atoms with Gasteiger partial charge < -0.3 is 15.1 Å². The molecule has 2 N–H and O–H groups in total. The molecule has 0 spiro atoms. The summed E-state index contributed by atoms with van der Waals surface area (Å²) in [7, 11) is 0. The molecule has 0 bridgehead atoms. The van der Waals surface area contributed by atoms with Crippen molar-refractivity contribution in [3.63, 3.8) is 0 Å². The molecule has 1 fully saturated rings. The molecule has 0 radical (unpaired) electrons. The first-order valence-corrected chi connectivity index (χ1v) is 8.70. The Morgan fingerprint density at radius 2 is 1.69 bits per heavy atom. The average molecular weight is 357 g/mol. The molecule has 0 saturated carbocycles. The van der Waals surface area contributed by atoms with Crippen LogP contribution in [0.4, 0.5) is 4.39 Å². The summed E-state index contributed by atoms with van der Waals surface area (Å²) in [6.45, 7) is 4.38. The Balaban J connectivity index is 1.40. The first-order chi connectivity index (χ1) is 12.6. The number of rotatable bonds is 5. The van der Waals surface area contributed by atoms with Crippen molar-refractivity contribution in [2.24, 2.45) is 0 Å². The van der Waals surface area contributed by atoms with Gasteiger partial charge in [-0.15, -0.1) is 0 Å². The maximum atomic E-state index is 13.0. The Hall–Kier alpha value is -2.80. The lowest BCUT2D eigenvalue weighted by molar-refractivity contribution is -0.902. The monoisotopic (exact) mass is 357 g/mol. The van der Waals surface area contributed by atoms with E-state index in [0.717, 1.165) is 19.6 Å². The van der Waals surface area contributed by atoms with Crippen LogP contribution in [-0.2, 0) is 0 Å². The number of aromatic nitrogens is 1. The van der Waals surface area contributed by atoms with Crippen LogP contribution in [0.2, 0.25) is 0 Å². The minimum Gasteiger partial charge on any atom is -0.346 e. The number of piperazine rings is 1. The lowest BCUT2D eigenvalue weighted by Gasteiger charge is -2.32. The van der Waals surface area contributed by atoms with Crippen LogP contribution in [0.1, 0.15) is 20.7 Å². The summed E-state index contributed by atoms with van der Waals surface area (Å²) in [6, 6.07) is 9.02. The van der Waals surface area contributed by atoms with Gasteiger partial charge >= 0.3 is 0 Å². The zero-order valence-corrected chi connectivity index (χ0v) is 14.5. The molecule has 2 heterocycles. The summed E-state index contributed by atoms with van der Waals surface area (Å²) < 4.78 is 13.0. The van der Waals surface area contributed by atoms with Crippen molar-refractivity contribution in [1.82, 2.24) is 15.2 Å². The van der Waals surface area contributed by atoms with Crippen LogP contribution in [0.25, 0.3) is 0 Å². The van der Waals surface area contributed by atoms with Crippen molar-refractivity contribution in [2.45, 2.75) is 0 Å². The zero-order chi connectivity index (χ0) is 18.4. The molecule has 7 heteroatoms. The van der Waals surface area contributed by atoms with Gasteiger partial charge in [0, 0.05) is 23.5 Å². The largest absolute Gasteiger partial charge is 0.346 e. The predicted octanol–water partition coefficient (Wildman–Crippen LogP) is -0.00860. The van der Waals surface area contributed by atoms with Gasteiger partial charge in [-0.1, -0.05) is 0 Å². The van der Waals surface area contributed by atoms with Crippen LogP contribution in [0, 0.1) is 5.82 Å². The fourth-order valence-corrected chi connectivity index (χ4v) is 3.01. The van der Waals surface area contributed by atoms with Crippen molar-refractivity contribution < 1.29 is 18.9 Å². The maximum absolute atomic E-state index is 13.0. The quantitative estimate of drug-likeness (QED) is 0.791. The molecular formula is C19H22FN4O2+. The van der Waals surface area contributed by atoms with Crippen molar-refractivity contribution >= 4 is 11.8 Å². The van der Waals surface area contributed by atoms with Gasteiger partial charge in [0.1, 0.15) is 5.82 Å². The second kappa shape index (κ2) is 8.53. The second-order valence-electron chi connectivity index (χ2n) is 6.29. The third kappa shape index (κ3) is 4.64. The van der Waals surface area contributed by atoms with Gasteiger partial charge in [-0.05, 0) is 36.4 Å². The third-order valence-corrected chi connectivity index (χ3v) is 4.56. The van der Waals surface area contributed by atoms with E-state index in [2.05, 4.69) is 10.3 Å². The van der Waals surface area contributed by atoms with E-state index < -0.39 is 0 Å². The highest BCUT2D eigenvalue weighted by atomic mass is 19.1. The van der Waals surface area contributed by atoms with Crippen molar-refractivity contribution in [3.8, 4) is 0 Å². The summed E-state index contributed by atoms with van der Waals surface area (Å²) in [6.07, 6.45) is 3.19. The van der Waals surface area contributed by atoms with Crippen molar-refractivity contribution in [2.75, 3.05) is 39.3 Å². The highest BCUT2D eigenvalue weighted by Crippen LogP contribution is 2.07. The summed E-state index contributed by atoms with van der Waals surface area (Å²) in [5.74, 6) is -0.503. The predicted molar refractivity (Wildman–Crippen MR) is 94.4 cm³/mol. The second-order valence-corrected chi connectivity index (χ2v) is 6.29. The standard InChI is InChI=1S/C19H21FN4O2/c20-17-3-1-16(2-4-17)19(26)24-13-11-23(12-14-24)10-9-22-18(25)15-5-7-21-8-6-15/h1-8H,9-14H2,(H,22,25)/p+1. The summed E-state index contributed by atoms with van der Waals surface area (Å²) >= 11 is 0. The van der Waals surface area contributed by atoms with Gasteiger partial charge in [-0.2, -0.15) is 0 Å². The van der Waals surface area contributed by atoms with E-state index in [0.29, 0.717) is 30.8 Å². The number of quaternary nitrogens is 1. The van der Waals surface area contributed by atoms with E-state index in [4.69, 9.17) is 0 Å². The number of carbonyl (C=O) groups is 2. The minimum atomic E-state index is -0.343. The number of hydrogen-bond acceptors (Lipinski definition) is 3. The fraction of sp³-hybridized carbons (Fsp3) is 0.316. The minimum absolute atomic E-state index is 0.0601. The molecule has 1 aromatic carbocycles. The Morgan fingerprint density at radius 1 is 1.04 bits per heavy atom. The van der Waals surface area contributed by atoms with E-state index >= 15 is 0 Å². The van der Waals surface area contributed by atoms with Crippen LogP contribution in [0.15, 0.2) is 48.8 Å². The third-order valence-electron chi connectivity index (χ3n) is 4.56. The molecule has 0 aliphatic carbocycles. The van der Waals surface area contributed by atoms with Gasteiger partial charge in [0.25, 0.3) is 11.8 Å². The lowest BCUT2D eigenvalue weighted by atomic mass is 10.2. The maximum Gasteiger partial charge on any atom is 0.254 e. The molecule has 1 aliphatic rings. The zero-order valence-electron chi connectivity index (χ0n) is 14.5. The first kappa shape index (κ1) is 18.0. The van der Waals surface area contributed by atoms with Crippen LogP contribution >= 0.6 is 0 Å². The van der Waals surface area contributed by atoms with Gasteiger partial charge in [0.2, 0.25) is 0 Å². The van der Waals surface area contributed by atoms with E-state index in [-0.39, 0.29) is 17.6 Å². The van der Waals surface area contributed by atoms with Gasteiger partial charge in [0.05, 0.1) is 39.3 Å². The number of hydrogen-bond donors (Lipinski definition) is 2. The van der Waals surface area contributed by atoms with Crippen molar-refractivity contribution in [1.29, 1.82) is 0 Å². The average Bonchev–Trinajstić information content (AvgIpc) is 2.69. The van der Waals surface area contributed by atoms with Crippen molar-refractivity contribution in [3.05, 3.63) is 65.7 Å². The molecule has 26 heavy (non-hydrogen) atoms. The number of carbonyl (C=O) groups excluding carboxylic acids is 2. The highest BCUT2D eigenvalue weighted by Gasteiger charge is 2.24. The SMILES string of the molecule is O=C(NCC[NH+]1CCN(C(=O)c2ccc(F)cc2)CC1)c1ccncc1. The Bertz CT molecular complexity index is 744. The Labute approximate surface area is 151 Å². The number of benzene rings is 1. The lowest BCUT2D eigenvalue weighted by Crippen LogP contribution is -3.15. The number of pyridine rings is 1. The number of nitrogens with one attached hydrogen (secondary N) is 2. The van der Waals surface area contributed by atoms with Crippen LogP contribution in [0.3, 0.4) is 0 Å². The van der Waals surface area contributed by atoms with E-state index in [1.807, 2.05) is 0 Å². The smallest absolute Gasteiger partial charge is 0.254 e. The van der Waals surface area contributed by atoms with Gasteiger partial charge in [-0.25, -0.2) is 4.39 Å². The Kier molecular flexibility index (Phi) is 5.91. The van der Waals surface area contributed by atoms with Crippen LogP contribution < -0.4 is 10.2 Å². The van der Waals surface area contributed by atoms with E-state index in [9.17, 15) is 14.0 Å². The van der Waals surface area contributed by atoms with Crippen LogP contribution in [-0.4, -0.2) is 61.0 Å². The first-order valence-electron chi connectivity index (χ1n) is 8.70. The van der Waals surface area contributed by atoms with E-state index in [1.54, 1.807) is 29.4 Å². The van der Waals surface area contributed by atoms with Crippen LogP contribution in [0.5, 0.6) is 0 Å². The van der Waals surface area contributed by atoms with Gasteiger partial charge in [-0.3, -0.25) is 14.6 Å². The number of amides is 2. The van der Waals surface area contributed by atoms with E-state index in [1.165, 1.54) is 29.2 Å². The molecular weight excluding hydrogens is 335 g/mol. The number of halogens is 1. The normalized spacial score (nSPS) is 14.9. The molecule has 3 rings (SSSR count). The Morgan fingerprint density at radius 3 is 2.35 bits per heavy atom. The summed E-state index contributed by atoms with van der Waals surface area (Å²) in [5.41, 5.74) is 1.11. The molecule has 1 aliphatic heterocycles. The molecule has 0 atom stereocenters. The molecule has 1 saturated heterocycles. The fourth-order valence-electron chi connectivity index (χ4n) is 3.01. The molecule has 2 amide bonds. The molecule has 1 aromatic heterocycles. The molecule has 2 aromatic rings. The summed E-state index contributed by atoms with van der Waals surface area (Å²) in [5, 5.41) is 2.91. The highest BCUT2D eigenvalue weighted by molar-refractivity contribution is 5.94. The molecule has 0 unspecified atom stereocenters. The molecule has 136 valence electrons. The molecule has 6 nitrogen and oxygen atoms in total.